The monoisotopic (exact) mass is 596 g/mol. The standard InChI is InChI=1S/C33H33ClN6O3/c34-29-14-24-13-25(33(43)39(18-21-5-9-35-10-6-21)20-28(24)27-17-36-37-32(27)29)16-30(41)38-11-7-26(8-12-38)40-19-23-4-2-1-3-22(23)15-31(40)42/h1-6,9-10,14,17,25-26H,7-8,11-13,15-16,18-20H2,(H,36,37)/t25-/m0/s1. The quantitative estimate of drug-likeness (QED) is 0.371. The first-order chi connectivity index (χ1) is 20.9. The zero-order valence-electron chi connectivity index (χ0n) is 23.8. The number of carbonyl (C=O) groups is 3. The predicted octanol–water partition coefficient (Wildman–Crippen LogP) is 4.28. The molecule has 0 saturated carbocycles. The molecule has 10 heteroatoms. The lowest BCUT2D eigenvalue weighted by Crippen LogP contribution is -2.50. The Kier molecular flexibility index (Phi) is 7.34. The third kappa shape index (κ3) is 5.38. The van der Waals surface area contributed by atoms with Crippen LogP contribution in [0, 0.1) is 5.92 Å². The first-order valence-corrected chi connectivity index (χ1v) is 15.3. The van der Waals surface area contributed by atoms with Crippen LogP contribution in [0.25, 0.3) is 10.9 Å². The first kappa shape index (κ1) is 27.6. The smallest absolute Gasteiger partial charge is 0.227 e. The maximum absolute atomic E-state index is 14.0. The molecule has 3 aliphatic rings. The molecule has 4 aromatic rings. The lowest BCUT2D eigenvalue weighted by molar-refractivity contribution is -0.143. The van der Waals surface area contributed by atoms with Gasteiger partial charge in [-0.15, -0.1) is 0 Å². The Morgan fingerprint density at radius 3 is 2.56 bits per heavy atom. The molecule has 5 heterocycles. The van der Waals surface area contributed by atoms with Gasteiger partial charge in [0.15, 0.2) is 0 Å². The topological polar surface area (TPSA) is 102 Å². The van der Waals surface area contributed by atoms with E-state index in [1.165, 1.54) is 5.56 Å². The van der Waals surface area contributed by atoms with Crippen molar-refractivity contribution >= 4 is 40.2 Å². The number of likely N-dealkylation sites (tertiary alicyclic amines) is 1. The summed E-state index contributed by atoms with van der Waals surface area (Å²) in [5.41, 5.74) is 6.04. The highest BCUT2D eigenvalue weighted by Crippen LogP contribution is 2.35. The Labute approximate surface area is 254 Å². The number of fused-ring (bicyclic) bond motifs is 4. The van der Waals surface area contributed by atoms with Gasteiger partial charge in [0.2, 0.25) is 17.7 Å². The van der Waals surface area contributed by atoms with Crippen molar-refractivity contribution in [2.45, 2.75) is 57.8 Å². The Balaban J connectivity index is 1.07. The van der Waals surface area contributed by atoms with Crippen molar-refractivity contribution in [3.05, 3.63) is 93.9 Å². The summed E-state index contributed by atoms with van der Waals surface area (Å²) in [5, 5.41) is 8.64. The van der Waals surface area contributed by atoms with E-state index in [0.717, 1.165) is 46.0 Å². The Bertz CT molecular complexity index is 1700. The van der Waals surface area contributed by atoms with E-state index < -0.39 is 5.92 Å². The lowest BCUT2D eigenvalue weighted by atomic mass is 9.91. The van der Waals surface area contributed by atoms with Crippen LogP contribution in [0.3, 0.4) is 0 Å². The second-order valence-corrected chi connectivity index (χ2v) is 12.3. The number of carbonyl (C=O) groups excluding carboxylic acids is 3. The molecule has 43 heavy (non-hydrogen) atoms. The van der Waals surface area contributed by atoms with Crippen molar-refractivity contribution in [3.8, 4) is 0 Å². The fourth-order valence-corrected chi connectivity index (χ4v) is 7.23. The van der Waals surface area contributed by atoms with Crippen LogP contribution in [0.4, 0.5) is 0 Å². The number of rotatable bonds is 5. The summed E-state index contributed by atoms with van der Waals surface area (Å²) in [6.45, 7) is 2.62. The van der Waals surface area contributed by atoms with Gasteiger partial charge in [-0.1, -0.05) is 35.9 Å². The number of piperidine rings is 1. The van der Waals surface area contributed by atoms with Gasteiger partial charge in [0, 0.05) is 63.0 Å². The van der Waals surface area contributed by atoms with E-state index in [2.05, 4.69) is 21.2 Å². The zero-order valence-corrected chi connectivity index (χ0v) is 24.6. The van der Waals surface area contributed by atoms with E-state index in [-0.39, 0.29) is 30.2 Å². The molecule has 9 nitrogen and oxygen atoms in total. The van der Waals surface area contributed by atoms with Crippen LogP contribution in [-0.4, -0.2) is 66.7 Å². The van der Waals surface area contributed by atoms with Crippen LogP contribution in [-0.2, 0) is 46.9 Å². The lowest BCUT2D eigenvalue weighted by Gasteiger charge is -2.41. The average Bonchev–Trinajstić information content (AvgIpc) is 3.49. The van der Waals surface area contributed by atoms with Crippen molar-refractivity contribution in [1.29, 1.82) is 0 Å². The first-order valence-electron chi connectivity index (χ1n) is 14.9. The number of benzene rings is 2. The van der Waals surface area contributed by atoms with Gasteiger partial charge in [-0.2, -0.15) is 5.10 Å². The average molecular weight is 597 g/mol. The fourth-order valence-electron chi connectivity index (χ4n) is 6.95. The van der Waals surface area contributed by atoms with Crippen molar-refractivity contribution < 1.29 is 14.4 Å². The number of hydrogen-bond acceptors (Lipinski definition) is 5. The molecule has 2 aromatic heterocycles. The summed E-state index contributed by atoms with van der Waals surface area (Å²) in [6.07, 6.45) is 7.69. The number of aromatic nitrogens is 3. The summed E-state index contributed by atoms with van der Waals surface area (Å²) in [6, 6.07) is 14.0. The highest BCUT2D eigenvalue weighted by Gasteiger charge is 2.36. The molecule has 3 amide bonds. The molecule has 7 rings (SSSR count). The van der Waals surface area contributed by atoms with E-state index in [1.807, 2.05) is 51.1 Å². The van der Waals surface area contributed by atoms with Gasteiger partial charge in [-0.25, -0.2) is 0 Å². The van der Waals surface area contributed by atoms with Crippen LogP contribution in [0.5, 0.6) is 0 Å². The number of H-pyrrole nitrogens is 1. The van der Waals surface area contributed by atoms with Gasteiger partial charge >= 0.3 is 0 Å². The van der Waals surface area contributed by atoms with Crippen molar-refractivity contribution in [2.75, 3.05) is 13.1 Å². The van der Waals surface area contributed by atoms with Crippen LogP contribution < -0.4 is 0 Å². The summed E-state index contributed by atoms with van der Waals surface area (Å²) in [5.74, 6) is -0.406. The fraction of sp³-hybridized carbons (Fsp3) is 0.364. The van der Waals surface area contributed by atoms with Gasteiger partial charge in [-0.05, 0) is 65.3 Å². The summed E-state index contributed by atoms with van der Waals surface area (Å²) in [7, 11) is 0. The summed E-state index contributed by atoms with van der Waals surface area (Å²) >= 11 is 6.60. The van der Waals surface area contributed by atoms with Crippen molar-refractivity contribution in [3.63, 3.8) is 0 Å². The molecule has 0 aliphatic carbocycles. The minimum Gasteiger partial charge on any atom is -0.343 e. The molecule has 0 unspecified atom stereocenters. The maximum Gasteiger partial charge on any atom is 0.227 e. The molecule has 0 spiro atoms. The molecular weight excluding hydrogens is 564 g/mol. The van der Waals surface area contributed by atoms with Crippen LogP contribution in [0.1, 0.15) is 47.1 Å². The highest BCUT2D eigenvalue weighted by molar-refractivity contribution is 6.35. The third-order valence-electron chi connectivity index (χ3n) is 9.29. The molecular formula is C33H33ClN6O3. The van der Waals surface area contributed by atoms with E-state index in [9.17, 15) is 14.4 Å². The number of hydrogen-bond donors (Lipinski definition) is 1. The normalized spacial score (nSPS) is 19.4. The Morgan fingerprint density at radius 2 is 1.77 bits per heavy atom. The SMILES string of the molecule is O=C(C[C@@H]1Cc2cc(Cl)c3[nH]ncc3c2CN(Cc2ccncc2)C1=O)N1CCC(N2Cc3ccccc3CC2=O)CC1. The molecule has 3 aliphatic heterocycles. The van der Waals surface area contributed by atoms with Gasteiger partial charge < -0.3 is 14.7 Å². The summed E-state index contributed by atoms with van der Waals surface area (Å²) < 4.78 is 0. The van der Waals surface area contributed by atoms with Crippen LogP contribution in [0.2, 0.25) is 5.02 Å². The minimum atomic E-state index is -0.506. The van der Waals surface area contributed by atoms with Gasteiger partial charge in [-0.3, -0.25) is 24.5 Å². The molecule has 0 bridgehead atoms. The molecule has 1 N–H and O–H groups in total. The Hall–Kier alpha value is -4.24. The van der Waals surface area contributed by atoms with E-state index in [4.69, 9.17) is 11.6 Å². The number of nitrogens with zero attached hydrogens (tertiary/aromatic N) is 5. The molecule has 1 fully saturated rings. The predicted molar refractivity (Wildman–Crippen MR) is 162 cm³/mol. The molecule has 1 saturated heterocycles. The van der Waals surface area contributed by atoms with E-state index in [1.54, 1.807) is 18.6 Å². The second-order valence-electron chi connectivity index (χ2n) is 11.9. The molecule has 0 radical (unpaired) electrons. The van der Waals surface area contributed by atoms with Crippen molar-refractivity contribution in [1.82, 2.24) is 29.9 Å². The summed E-state index contributed by atoms with van der Waals surface area (Å²) in [4.78, 5) is 50.5. The Morgan fingerprint density at radius 1 is 1.00 bits per heavy atom. The maximum atomic E-state index is 14.0. The van der Waals surface area contributed by atoms with Crippen LogP contribution >= 0.6 is 11.6 Å². The second kappa shape index (κ2) is 11.4. The highest BCUT2D eigenvalue weighted by atomic mass is 35.5. The minimum absolute atomic E-state index is 0.0186. The zero-order chi connectivity index (χ0) is 29.5. The van der Waals surface area contributed by atoms with Crippen molar-refractivity contribution in [2.24, 2.45) is 5.92 Å². The van der Waals surface area contributed by atoms with Gasteiger partial charge in [0.25, 0.3) is 0 Å². The van der Waals surface area contributed by atoms with E-state index >= 15 is 0 Å². The molecule has 220 valence electrons. The number of nitrogens with one attached hydrogen (secondary N) is 1. The largest absolute Gasteiger partial charge is 0.343 e. The van der Waals surface area contributed by atoms with Crippen LogP contribution in [0.15, 0.2) is 61.1 Å². The van der Waals surface area contributed by atoms with Gasteiger partial charge in [0.05, 0.1) is 29.1 Å². The van der Waals surface area contributed by atoms with E-state index in [0.29, 0.717) is 50.6 Å². The molecule has 1 atom stereocenters. The number of amides is 3. The number of halogens is 1. The molecule has 2 aromatic carbocycles. The van der Waals surface area contributed by atoms with Gasteiger partial charge in [0.1, 0.15) is 0 Å². The third-order valence-corrected chi connectivity index (χ3v) is 9.59. The number of pyridine rings is 1. The number of aromatic amines is 1.